The van der Waals surface area contributed by atoms with E-state index in [0.717, 1.165) is 4.88 Å². The molecule has 3 rings (SSSR count). The molecule has 0 saturated heterocycles. The summed E-state index contributed by atoms with van der Waals surface area (Å²) in [5, 5.41) is 6.43. The van der Waals surface area contributed by atoms with Crippen molar-refractivity contribution in [1.29, 1.82) is 0 Å². The minimum absolute atomic E-state index is 0.161. The van der Waals surface area contributed by atoms with Gasteiger partial charge in [-0.3, -0.25) is 9.59 Å². The maximum absolute atomic E-state index is 12.8. The van der Waals surface area contributed by atoms with E-state index in [1.165, 1.54) is 22.7 Å². The molecule has 128 valence electrons. The fourth-order valence-electron chi connectivity index (χ4n) is 2.31. The SMILES string of the molecule is CN(Cc1ccc(Cl)s1)C(=O)c1ccccc1NC(=O)c1ccsc1. The monoisotopic (exact) mass is 390 g/mol. The van der Waals surface area contributed by atoms with Gasteiger partial charge in [0, 0.05) is 17.3 Å². The summed E-state index contributed by atoms with van der Waals surface area (Å²) in [6.07, 6.45) is 0. The molecule has 0 aliphatic carbocycles. The predicted octanol–water partition coefficient (Wildman–Crippen LogP) is 4.99. The Morgan fingerprint density at radius 1 is 1.16 bits per heavy atom. The summed E-state index contributed by atoms with van der Waals surface area (Å²) in [6, 6.07) is 12.5. The lowest BCUT2D eigenvalue weighted by molar-refractivity contribution is 0.0787. The molecule has 7 heteroatoms. The highest BCUT2D eigenvalue weighted by molar-refractivity contribution is 7.16. The Kier molecular flexibility index (Phi) is 5.53. The molecule has 0 fully saturated rings. The van der Waals surface area contributed by atoms with Gasteiger partial charge in [-0.15, -0.1) is 11.3 Å². The number of nitrogens with one attached hydrogen (secondary N) is 1. The number of benzene rings is 1. The Morgan fingerprint density at radius 3 is 2.64 bits per heavy atom. The number of rotatable bonds is 5. The molecule has 1 N–H and O–H groups in total. The highest BCUT2D eigenvalue weighted by atomic mass is 35.5. The normalized spacial score (nSPS) is 10.5. The Morgan fingerprint density at radius 2 is 1.96 bits per heavy atom. The van der Waals surface area contributed by atoms with Crippen LogP contribution >= 0.6 is 34.3 Å². The van der Waals surface area contributed by atoms with E-state index in [2.05, 4.69) is 5.32 Å². The summed E-state index contributed by atoms with van der Waals surface area (Å²) in [5.74, 6) is -0.389. The van der Waals surface area contributed by atoms with Crippen LogP contribution in [0.1, 0.15) is 25.6 Å². The largest absolute Gasteiger partial charge is 0.336 e. The van der Waals surface area contributed by atoms with E-state index < -0.39 is 0 Å². The standard InChI is InChI=1S/C18H15ClN2O2S2/c1-21(10-13-6-7-16(19)25-13)18(23)14-4-2-3-5-15(14)20-17(22)12-8-9-24-11-12/h2-9,11H,10H2,1H3,(H,20,22). The van der Waals surface area contributed by atoms with Gasteiger partial charge in [0.15, 0.2) is 0 Å². The number of anilines is 1. The lowest BCUT2D eigenvalue weighted by atomic mass is 10.1. The molecule has 4 nitrogen and oxygen atoms in total. The van der Waals surface area contributed by atoms with Crippen LogP contribution in [-0.2, 0) is 6.54 Å². The van der Waals surface area contributed by atoms with E-state index in [9.17, 15) is 9.59 Å². The lowest BCUT2D eigenvalue weighted by Crippen LogP contribution is -2.27. The minimum atomic E-state index is -0.228. The number of hydrogen-bond donors (Lipinski definition) is 1. The van der Waals surface area contributed by atoms with Crippen molar-refractivity contribution in [2.45, 2.75) is 6.54 Å². The fraction of sp³-hybridized carbons (Fsp3) is 0.111. The first-order valence-electron chi connectivity index (χ1n) is 7.47. The Labute approximate surface area is 158 Å². The molecular weight excluding hydrogens is 376 g/mol. The van der Waals surface area contributed by atoms with Gasteiger partial charge in [0.2, 0.25) is 0 Å². The minimum Gasteiger partial charge on any atom is -0.336 e. The lowest BCUT2D eigenvalue weighted by Gasteiger charge is -2.18. The zero-order valence-corrected chi connectivity index (χ0v) is 15.8. The highest BCUT2D eigenvalue weighted by Crippen LogP contribution is 2.24. The second-order valence-corrected chi connectivity index (χ2v) is 7.96. The molecule has 0 radical (unpaired) electrons. The summed E-state index contributed by atoms with van der Waals surface area (Å²) in [6.45, 7) is 0.461. The van der Waals surface area contributed by atoms with Crippen LogP contribution in [0.25, 0.3) is 0 Å². The maximum Gasteiger partial charge on any atom is 0.256 e. The zero-order valence-electron chi connectivity index (χ0n) is 13.4. The maximum atomic E-state index is 12.8. The molecule has 25 heavy (non-hydrogen) atoms. The van der Waals surface area contributed by atoms with Crippen LogP contribution in [0, 0.1) is 0 Å². The number of carbonyl (C=O) groups is 2. The van der Waals surface area contributed by atoms with Crippen LogP contribution in [0.5, 0.6) is 0 Å². The van der Waals surface area contributed by atoms with Crippen molar-refractivity contribution in [3.63, 3.8) is 0 Å². The first-order valence-corrected chi connectivity index (χ1v) is 9.60. The molecule has 0 unspecified atom stereocenters. The summed E-state index contributed by atoms with van der Waals surface area (Å²) >= 11 is 8.84. The van der Waals surface area contributed by atoms with Crippen LogP contribution in [0.4, 0.5) is 5.69 Å². The van der Waals surface area contributed by atoms with Crippen molar-refractivity contribution < 1.29 is 9.59 Å². The number of amides is 2. The van der Waals surface area contributed by atoms with Gasteiger partial charge < -0.3 is 10.2 Å². The van der Waals surface area contributed by atoms with Crippen molar-refractivity contribution in [3.05, 3.63) is 73.6 Å². The van der Waals surface area contributed by atoms with Crippen LogP contribution < -0.4 is 5.32 Å². The number of nitrogens with zero attached hydrogens (tertiary/aromatic N) is 1. The molecule has 2 heterocycles. The predicted molar refractivity (Wildman–Crippen MR) is 104 cm³/mol. The van der Waals surface area contributed by atoms with Crippen LogP contribution in [0.3, 0.4) is 0 Å². The van der Waals surface area contributed by atoms with Gasteiger partial charge >= 0.3 is 0 Å². The average molecular weight is 391 g/mol. The van der Waals surface area contributed by atoms with E-state index >= 15 is 0 Å². The smallest absolute Gasteiger partial charge is 0.256 e. The second-order valence-electron chi connectivity index (χ2n) is 5.38. The van der Waals surface area contributed by atoms with Gasteiger partial charge in [-0.05, 0) is 35.7 Å². The van der Waals surface area contributed by atoms with Crippen LogP contribution in [0.2, 0.25) is 4.34 Å². The molecule has 1 aromatic carbocycles. The molecular formula is C18H15ClN2O2S2. The third-order valence-electron chi connectivity index (χ3n) is 3.56. The van der Waals surface area contributed by atoms with Crippen molar-refractivity contribution in [2.75, 3.05) is 12.4 Å². The van der Waals surface area contributed by atoms with Gasteiger partial charge in [0.25, 0.3) is 11.8 Å². The van der Waals surface area contributed by atoms with Crippen molar-refractivity contribution in [1.82, 2.24) is 4.90 Å². The number of halogens is 1. The first-order chi connectivity index (χ1) is 12.0. The van der Waals surface area contributed by atoms with Gasteiger partial charge in [-0.2, -0.15) is 11.3 Å². The van der Waals surface area contributed by atoms with Gasteiger partial charge in [0.1, 0.15) is 0 Å². The third kappa shape index (κ3) is 4.28. The summed E-state index contributed by atoms with van der Waals surface area (Å²) < 4.78 is 0.694. The molecule has 0 saturated carbocycles. The average Bonchev–Trinajstić information content (AvgIpc) is 3.26. The molecule has 0 spiro atoms. The third-order valence-corrected chi connectivity index (χ3v) is 5.46. The van der Waals surface area contributed by atoms with E-state index in [-0.39, 0.29) is 11.8 Å². The van der Waals surface area contributed by atoms with E-state index in [4.69, 9.17) is 11.6 Å². The number of thiophene rings is 2. The highest BCUT2D eigenvalue weighted by Gasteiger charge is 2.18. The molecule has 2 aromatic heterocycles. The Balaban J connectivity index is 1.77. The van der Waals surface area contributed by atoms with E-state index in [1.807, 2.05) is 17.5 Å². The number of carbonyl (C=O) groups excluding carboxylic acids is 2. The molecule has 0 aliphatic heterocycles. The molecule has 0 aliphatic rings. The summed E-state index contributed by atoms with van der Waals surface area (Å²) in [7, 11) is 1.73. The Bertz CT molecular complexity index is 890. The molecule has 0 bridgehead atoms. The van der Waals surface area contributed by atoms with Gasteiger partial charge in [-0.1, -0.05) is 23.7 Å². The number of para-hydroxylation sites is 1. The molecule has 0 atom stereocenters. The summed E-state index contributed by atoms with van der Waals surface area (Å²) in [5.41, 5.74) is 1.53. The van der Waals surface area contributed by atoms with Crippen LogP contribution in [0.15, 0.2) is 53.2 Å². The summed E-state index contributed by atoms with van der Waals surface area (Å²) in [4.78, 5) is 27.7. The molecule has 3 aromatic rings. The second kappa shape index (κ2) is 7.82. The quantitative estimate of drug-likeness (QED) is 0.667. The fourth-order valence-corrected chi connectivity index (χ4v) is 4.09. The Hall–Kier alpha value is -2.15. The van der Waals surface area contributed by atoms with Crippen molar-refractivity contribution >= 4 is 51.8 Å². The number of hydrogen-bond acceptors (Lipinski definition) is 4. The first kappa shape index (κ1) is 17.7. The van der Waals surface area contributed by atoms with Gasteiger partial charge in [-0.25, -0.2) is 0 Å². The zero-order chi connectivity index (χ0) is 17.8. The van der Waals surface area contributed by atoms with E-state index in [0.29, 0.717) is 27.7 Å². The van der Waals surface area contributed by atoms with Crippen molar-refractivity contribution in [3.8, 4) is 0 Å². The van der Waals surface area contributed by atoms with Gasteiger partial charge in [0.05, 0.1) is 27.7 Å². The van der Waals surface area contributed by atoms with E-state index in [1.54, 1.807) is 47.7 Å². The van der Waals surface area contributed by atoms with Crippen LogP contribution in [-0.4, -0.2) is 23.8 Å². The van der Waals surface area contributed by atoms with Crippen molar-refractivity contribution in [2.24, 2.45) is 0 Å². The molecule has 2 amide bonds. The topological polar surface area (TPSA) is 49.4 Å².